The van der Waals surface area contributed by atoms with E-state index >= 15 is 0 Å². The Hall–Kier alpha value is -1.39. The molecule has 1 fully saturated rings. The number of nitrogens with one attached hydrogen (secondary N) is 1. The van der Waals surface area contributed by atoms with Gasteiger partial charge in [-0.3, -0.25) is 4.90 Å². The Morgan fingerprint density at radius 2 is 1.84 bits per heavy atom. The minimum absolute atomic E-state index is 0.282. The average molecular weight is 262 g/mol. The number of hydrogen-bond donors (Lipinski definition) is 1. The Bertz CT molecular complexity index is 420. The number of ether oxygens (including phenoxy) is 1. The molecule has 1 aromatic carbocycles. The van der Waals surface area contributed by atoms with E-state index in [1.807, 2.05) is 24.3 Å². The second kappa shape index (κ2) is 6.17. The van der Waals surface area contributed by atoms with Crippen molar-refractivity contribution in [1.82, 2.24) is 10.2 Å². The first-order valence-corrected chi connectivity index (χ1v) is 6.74. The van der Waals surface area contributed by atoms with Gasteiger partial charge in [-0.05, 0) is 31.5 Å². The molecule has 0 aliphatic carbocycles. The number of nitrogens with zero attached hydrogens (tertiary/aromatic N) is 1. The molecule has 1 saturated heterocycles. The summed E-state index contributed by atoms with van der Waals surface area (Å²) in [5.74, 6) is -0.282. The fraction of sp³-hybridized carbons (Fsp3) is 0.533. The van der Waals surface area contributed by atoms with Gasteiger partial charge in [-0.1, -0.05) is 12.1 Å². The van der Waals surface area contributed by atoms with Crippen LogP contribution < -0.4 is 5.32 Å². The highest BCUT2D eigenvalue weighted by atomic mass is 16.5. The first-order valence-electron chi connectivity index (χ1n) is 6.74. The van der Waals surface area contributed by atoms with Gasteiger partial charge in [0.15, 0.2) is 0 Å². The number of carbonyl (C=O) groups is 1. The molecule has 1 aromatic rings. The van der Waals surface area contributed by atoms with E-state index in [0.717, 1.165) is 19.6 Å². The van der Waals surface area contributed by atoms with Gasteiger partial charge in [0.1, 0.15) is 0 Å². The maximum absolute atomic E-state index is 11.4. The summed E-state index contributed by atoms with van der Waals surface area (Å²) in [5, 5.41) is 3.52. The minimum atomic E-state index is -0.282. The third-order valence-electron chi connectivity index (χ3n) is 3.41. The first kappa shape index (κ1) is 14.0. The number of piperazine rings is 1. The van der Waals surface area contributed by atoms with E-state index in [-0.39, 0.29) is 5.97 Å². The summed E-state index contributed by atoms with van der Waals surface area (Å²) in [4.78, 5) is 13.8. The van der Waals surface area contributed by atoms with Crippen LogP contribution in [0.25, 0.3) is 0 Å². The average Bonchev–Trinajstić information content (AvgIpc) is 2.37. The van der Waals surface area contributed by atoms with Gasteiger partial charge in [0.25, 0.3) is 0 Å². The summed E-state index contributed by atoms with van der Waals surface area (Å²) in [6.07, 6.45) is 0. The van der Waals surface area contributed by atoms with Crippen molar-refractivity contribution in [3.05, 3.63) is 35.4 Å². The molecule has 0 unspecified atom stereocenters. The molecule has 2 rings (SSSR count). The molecule has 4 heteroatoms. The predicted molar refractivity (Wildman–Crippen MR) is 75.1 cm³/mol. The van der Waals surface area contributed by atoms with E-state index < -0.39 is 0 Å². The zero-order chi connectivity index (χ0) is 13.8. The summed E-state index contributed by atoms with van der Waals surface area (Å²) in [6, 6.07) is 8.72. The molecule has 0 spiro atoms. The molecular formula is C15H22N2O2. The van der Waals surface area contributed by atoms with Crippen LogP contribution in [-0.4, -0.2) is 43.2 Å². The highest BCUT2D eigenvalue weighted by Crippen LogP contribution is 2.12. The molecule has 1 N–H and O–H groups in total. The fourth-order valence-corrected chi connectivity index (χ4v) is 2.69. The van der Waals surface area contributed by atoms with Crippen molar-refractivity contribution in [3.8, 4) is 0 Å². The Morgan fingerprint density at radius 1 is 1.26 bits per heavy atom. The third kappa shape index (κ3) is 3.78. The van der Waals surface area contributed by atoms with Crippen molar-refractivity contribution in [3.63, 3.8) is 0 Å². The number of carbonyl (C=O) groups excluding carboxylic acids is 1. The lowest BCUT2D eigenvalue weighted by Gasteiger charge is -2.36. The fourth-order valence-electron chi connectivity index (χ4n) is 2.69. The molecular weight excluding hydrogens is 240 g/mol. The maximum atomic E-state index is 11.4. The standard InChI is InChI=1S/C15H22N2O2/c1-11-8-17(9-12(2)16-11)10-13-4-6-14(7-5-13)15(18)19-3/h4-7,11-12,16H,8-10H2,1-3H3/t11-,12+. The van der Waals surface area contributed by atoms with Gasteiger partial charge in [-0.2, -0.15) is 0 Å². The summed E-state index contributed by atoms with van der Waals surface area (Å²) in [5.41, 5.74) is 1.84. The van der Waals surface area contributed by atoms with Gasteiger partial charge in [0.2, 0.25) is 0 Å². The van der Waals surface area contributed by atoms with Crippen molar-refractivity contribution in [2.75, 3.05) is 20.2 Å². The van der Waals surface area contributed by atoms with Crippen molar-refractivity contribution < 1.29 is 9.53 Å². The summed E-state index contributed by atoms with van der Waals surface area (Å²) >= 11 is 0. The van der Waals surface area contributed by atoms with Crippen LogP contribution in [0.3, 0.4) is 0 Å². The molecule has 19 heavy (non-hydrogen) atoms. The topological polar surface area (TPSA) is 41.6 Å². The SMILES string of the molecule is COC(=O)c1ccc(CN2C[C@@H](C)N[C@@H](C)C2)cc1. The number of hydrogen-bond acceptors (Lipinski definition) is 4. The molecule has 1 heterocycles. The van der Waals surface area contributed by atoms with Gasteiger partial charge in [0, 0.05) is 31.7 Å². The highest BCUT2D eigenvalue weighted by Gasteiger charge is 2.20. The lowest BCUT2D eigenvalue weighted by atomic mass is 10.1. The van der Waals surface area contributed by atoms with Crippen LogP contribution in [-0.2, 0) is 11.3 Å². The third-order valence-corrected chi connectivity index (χ3v) is 3.41. The predicted octanol–water partition coefficient (Wildman–Crippen LogP) is 1.66. The number of esters is 1. The summed E-state index contributed by atoms with van der Waals surface area (Å²) in [7, 11) is 1.40. The number of rotatable bonds is 3. The Morgan fingerprint density at radius 3 is 2.37 bits per heavy atom. The minimum Gasteiger partial charge on any atom is -0.465 e. The first-order chi connectivity index (χ1) is 9.08. The maximum Gasteiger partial charge on any atom is 0.337 e. The second-order valence-corrected chi connectivity index (χ2v) is 5.35. The van der Waals surface area contributed by atoms with Crippen LogP contribution in [0.2, 0.25) is 0 Å². The molecule has 1 aliphatic rings. The monoisotopic (exact) mass is 262 g/mol. The van der Waals surface area contributed by atoms with E-state index in [9.17, 15) is 4.79 Å². The Labute approximate surface area is 114 Å². The lowest BCUT2D eigenvalue weighted by Crippen LogP contribution is -2.53. The number of benzene rings is 1. The van der Waals surface area contributed by atoms with Crippen molar-refractivity contribution in [2.45, 2.75) is 32.5 Å². The van der Waals surface area contributed by atoms with E-state index in [2.05, 4.69) is 24.1 Å². The van der Waals surface area contributed by atoms with Crippen molar-refractivity contribution in [1.29, 1.82) is 0 Å². The normalized spacial score (nSPS) is 24.2. The molecule has 0 aromatic heterocycles. The molecule has 104 valence electrons. The Kier molecular flexibility index (Phi) is 4.56. The van der Waals surface area contributed by atoms with Gasteiger partial charge < -0.3 is 10.1 Å². The van der Waals surface area contributed by atoms with Crippen LogP contribution >= 0.6 is 0 Å². The van der Waals surface area contributed by atoms with Crippen LogP contribution in [0, 0.1) is 0 Å². The lowest BCUT2D eigenvalue weighted by molar-refractivity contribution is 0.0600. The molecule has 0 saturated carbocycles. The Balaban J connectivity index is 1.97. The van der Waals surface area contributed by atoms with E-state index in [1.165, 1.54) is 12.7 Å². The summed E-state index contributed by atoms with van der Waals surface area (Å²) in [6.45, 7) is 7.47. The molecule has 0 amide bonds. The van der Waals surface area contributed by atoms with Gasteiger partial charge in [-0.25, -0.2) is 4.79 Å². The molecule has 2 atom stereocenters. The smallest absolute Gasteiger partial charge is 0.337 e. The van der Waals surface area contributed by atoms with Gasteiger partial charge in [-0.15, -0.1) is 0 Å². The van der Waals surface area contributed by atoms with Crippen LogP contribution in [0.1, 0.15) is 29.8 Å². The molecule has 0 radical (unpaired) electrons. The summed E-state index contributed by atoms with van der Waals surface area (Å²) < 4.78 is 4.70. The second-order valence-electron chi connectivity index (χ2n) is 5.35. The van der Waals surface area contributed by atoms with Crippen molar-refractivity contribution >= 4 is 5.97 Å². The largest absolute Gasteiger partial charge is 0.465 e. The zero-order valence-electron chi connectivity index (χ0n) is 11.8. The molecule has 4 nitrogen and oxygen atoms in total. The van der Waals surface area contributed by atoms with E-state index in [4.69, 9.17) is 4.74 Å². The van der Waals surface area contributed by atoms with Gasteiger partial charge in [0.05, 0.1) is 12.7 Å². The van der Waals surface area contributed by atoms with Crippen LogP contribution in [0.15, 0.2) is 24.3 Å². The van der Waals surface area contributed by atoms with Crippen LogP contribution in [0.4, 0.5) is 0 Å². The quantitative estimate of drug-likeness (QED) is 0.841. The van der Waals surface area contributed by atoms with Gasteiger partial charge >= 0.3 is 5.97 Å². The van der Waals surface area contributed by atoms with Crippen LogP contribution in [0.5, 0.6) is 0 Å². The highest BCUT2D eigenvalue weighted by molar-refractivity contribution is 5.89. The molecule has 1 aliphatic heterocycles. The molecule has 0 bridgehead atoms. The van der Waals surface area contributed by atoms with Crippen molar-refractivity contribution in [2.24, 2.45) is 0 Å². The van der Waals surface area contributed by atoms with E-state index in [1.54, 1.807) is 0 Å². The number of methoxy groups -OCH3 is 1. The zero-order valence-corrected chi connectivity index (χ0v) is 11.8. The van der Waals surface area contributed by atoms with E-state index in [0.29, 0.717) is 17.6 Å².